The number of fused-ring (bicyclic) bond motifs is 2. The van der Waals surface area contributed by atoms with Gasteiger partial charge in [-0.2, -0.15) is 0 Å². The third kappa shape index (κ3) is 3.08. The van der Waals surface area contributed by atoms with Gasteiger partial charge in [-0.1, -0.05) is 41.4 Å². The van der Waals surface area contributed by atoms with E-state index in [1.165, 1.54) is 0 Å². The average molecular weight is 393 g/mol. The fourth-order valence-electron chi connectivity index (χ4n) is 3.07. The Kier molecular flexibility index (Phi) is 4.10. The van der Waals surface area contributed by atoms with E-state index in [1.807, 2.05) is 23.1 Å². The van der Waals surface area contributed by atoms with Gasteiger partial charge in [0.05, 0.1) is 21.2 Å². The molecule has 0 fully saturated rings. The van der Waals surface area contributed by atoms with Gasteiger partial charge in [0.1, 0.15) is 5.82 Å². The zero-order valence-corrected chi connectivity index (χ0v) is 15.4. The maximum Gasteiger partial charge on any atom is 0.180 e. The van der Waals surface area contributed by atoms with E-state index in [4.69, 9.17) is 23.2 Å². The zero-order valence-electron chi connectivity index (χ0n) is 13.1. The fraction of sp³-hybridized carbons (Fsp3) is 0.167. The van der Waals surface area contributed by atoms with Crippen LogP contribution in [-0.4, -0.2) is 25.7 Å². The summed E-state index contributed by atoms with van der Waals surface area (Å²) in [6, 6.07) is 14.2. The summed E-state index contributed by atoms with van der Waals surface area (Å²) in [7, 11) is -3.30. The SMILES string of the molecule is O=S1(=O)CCN(c2cc(Cl)c3ccc(Cl)cc3n2)Cc2ccccc21. The number of halogens is 2. The lowest BCUT2D eigenvalue weighted by Crippen LogP contribution is -2.26. The number of sulfone groups is 1. The molecular formula is C18H14Cl2N2O2S. The Balaban J connectivity index is 1.82. The molecular weight excluding hydrogens is 379 g/mol. The molecule has 7 heteroatoms. The number of rotatable bonds is 1. The second-order valence-electron chi connectivity index (χ2n) is 5.97. The Morgan fingerprint density at radius 1 is 1.04 bits per heavy atom. The average Bonchev–Trinajstić information content (AvgIpc) is 2.71. The van der Waals surface area contributed by atoms with E-state index in [2.05, 4.69) is 4.98 Å². The van der Waals surface area contributed by atoms with Crippen molar-refractivity contribution >= 4 is 49.8 Å². The fourth-order valence-corrected chi connectivity index (χ4v) is 4.99. The summed E-state index contributed by atoms with van der Waals surface area (Å²) in [5, 5.41) is 1.96. The minimum Gasteiger partial charge on any atom is -0.351 e. The largest absolute Gasteiger partial charge is 0.351 e. The standard InChI is InChI=1S/C18H14Cl2N2O2S/c19-13-5-6-14-15(20)10-18(21-16(14)9-13)22-7-8-25(23,24)17-4-2-1-3-12(17)11-22/h1-6,9-10H,7-8,11H2. The topological polar surface area (TPSA) is 50.3 Å². The van der Waals surface area contributed by atoms with Crippen LogP contribution in [-0.2, 0) is 16.4 Å². The Morgan fingerprint density at radius 3 is 2.68 bits per heavy atom. The highest BCUT2D eigenvalue weighted by Crippen LogP contribution is 2.31. The van der Waals surface area contributed by atoms with Crippen LogP contribution in [0.25, 0.3) is 10.9 Å². The third-order valence-corrected chi connectivity index (χ3v) is 6.67. The molecule has 0 N–H and O–H groups in total. The van der Waals surface area contributed by atoms with Crippen molar-refractivity contribution in [3.63, 3.8) is 0 Å². The summed E-state index contributed by atoms with van der Waals surface area (Å²) in [4.78, 5) is 6.98. The smallest absolute Gasteiger partial charge is 0.180 e. The summed E-state index contributed by atoms with van der Waals surface area (Å²) in [5.74, 6) is 0.684. The molecule has 0 atom stereocenters. The Hall–Kier alpha value is -1.82. The molecule has 0 saturated carbocycles. The highest BCUT2D eigenvalue weighted by atomic mass is 35.5. The van der Waals surface area contributed by atoms with E-state index >= 15 is 0 Å². The number of pyridine rings is 1. The maximum atomic E-state index is 12.5. The first-order valence-corrected chi connectivity index (χ1v) is 10.2. The molecule has 4 nitrogen and oxygen atoms in total. The first kappa shape index (κ1) is 16.6. The molecule has 0 spiro atoms. The lowest BCUT2D eigenvalue weighted by atomic mass is 10.2. The van der Waals surface area contributed by atoms with Crippen LogP contribution in [0.4, 0.5) is 5.82 Å². The van der Waals surface area contributed by atoms with Crippen LogP contribution in [0.1, 0.15) is 5.56 Å². The van der Waals surface area contributed by atoms with Crippen LogP contribution >= 0.6 is 23.2 Å². The van der Waals surface area contributed by atoms with Gasteiger partial charge in [0.15, 0.2) is 9.84 Å². The van der Waals surface area contributed by atoms with E-state index in [-0.39, 0.29) is 5.75 Å². The quantitative estimate of drug-likeness (QED) is 0.617. The lowest BCUT2D eigenvalue weighted by molar-refractivity contribution is 0.596. The highest BCUT2D eigenvalue weighted by Gasteiger charge is 2.26. The van der Waals surface area contributed by atoms with Gasteiger partial charge in [-0.15, -0.1) is 0 Å². The number of hydrogen-bond acceptors (Lipinski definition) is 4. The molecule has 1 aromatic heterocycles. The van der Waals surface area contributed by atoms with Gasteiger partial charge in [-0.3, -0.25) is 0 Å². The molecule has 3 aromatic rings. The Labute approximate surface area is 155 Å². The number of benzene rings is 2. The zero-order chi connectivity index (χ0) is 17.6. The molecule has 4 rings (SSSR count). The monoisotopic (exact) mass is 392 g/mol. The normalized spacial score (nSPS) is 16.5. The number of aromatic nitrogens is 1. The predicted octanol–water partition coefficient (Wildman–Crippen LogP) is 4.34. The molecule has 0 aliphatic carbocycles. The minimum atomic E-state index is -3.30. The van der Waals surface area contributed by atoms with Crippen LogP contribution in [0.15, 0.2) is 53.4 Å². The van der Waals surface area contributed by atoms with Crippen LogP contribution < -0.4 is 4.90 Å². The molecule has 0 unspecified atom stereocenters. The van der Waals surface area contributed by atoms with Crippen LogP contribution in [0.5, 0.6) is 0 Å². The summed E-state index contributed by atoms with van der Waals surface area (Å²) in [6.45, 7) is 0.817. The van der Waals surface area contributed by atoms with Crippen LogP contribution in [0, 0.1) is 0 Å². The predicted molar refractivity (Wildman–Crippen MR) is 101 cm³/mol. The molecule has 1 aliphatic rings. The van der Waals surface area contributed by atoms with Gasteiger partial charge in [-0.05, 0) is 35.9 Å². The van der Waals surface area contributed by atoms with E-state index in [0.29, 0.717) is 39.4 Å². The van der Waals surface area contributed by atoms with Crippen molar-refractivity contribution in [3.05, 3.63) is 64.1 Å². The number of hydrogen-bond donors (Lipinski definition) is 0. The van der Waals surface area contributed by atoms with E-state index in [9.17, 15) is 8.42 Å². The summed E-state index contributed by atoms with van der Waals surface area (Å²) < 4.78 is 25.0. The van der Waals surface area contributed by atoms with E-state index in [0.717, 1.165) is 10.9 Å². The second kappa shape index (κ2) is 6.16. The molecule has 0 radical (unpaired) electrons. The van der Waals surface area contributed by atoms with Crippen molar-refractivity contribution in [3.8, 4) is 0 Å². The van der Waals surface area contributed by atoms with Gasteiger partial charge < -0.3 is 4.90 Å². The van der Waals surface area contributed by atoms with E-state index in [1.54, 1.807) is 30.3 Å². The van der Waals surface area contributed by atoms with Gasteiger partial charge in [0.2, 0.25) is 0 Å². The minimum absolute atomic E-state index is 0.0386. The molecule has 2 heterocycles. The molecule has 0 bridgehead atoms. The van der Waals surface area contributed by atoms with Gasteiger partial charge in [0.25, 0.3) is 0 Å². The van der Waals surface area contributed by atoms with Gasteiger partial charge in [-0.25, -0.2) is 13.4 Å². The van der Waals surface area contributed by atoms with Crippen molar-refractivity contribution < 1.29 is 8.42 Å². The van der Waals surface area contributed by atoms with Crippen LogP contribution in [0.2, 0.25) is 10.0 Å². The summed E-state index contributed by atoms with van der Waals surface area (Å²) in [6.07, 6.45) is 0. The molecule has 1 aliphatic heterocycles. The Bertz CT molecular complexity index is 1080. The highest BCUT2D eigenvalue weighted by molar-refractivity contribution is 7.91. The summed E-state index contributed by atoms with van der Waals surface area (Å²) >= 11 is 12.5. The van der Waals surface area contributed by atoms with Crippen molar-refractivity contribution in [2.75, 3.05) is 17.2 Å². The lowest BCUT2D eigenvalue weighted by Gasteiger charge is -2.22. The van der Waals surface area contributed by atoms with Crippen molar-refractivity contribution in [2.24, 2.45) is 0 Å². The van der Waals surface area contributed by atoms with Crippen molar-refractivity contribution in [1.82, 2.24) is 4.98 Å². The molecule has 0 saturated heterocycles. The molecule has 2 aromatic carbocycles. The third-order valence-electron chi connectivity index (χ3n) is 4.33. The molecule has 128 valence electrons. The Morgan fingerprint density at radius 2 is 1.84 bits per heavy atom. The van der Waals surface area contributed by atoms with Crippen molar-refractivity contribution in [2.45, 2.75) is 11.4 Å². The van der Waals surface area contributed by atoms with Crippen molar-refractivity contribution in [1.29, 1.82) is 0 Å². The summed E-state index contributed by atoms with van der Waals surface area (Å²) in [5.41, 5.74) is 1.46. The van der Waals surface area contributed by atoms with E-state index < -0.39 is 9.84 Å². The van der Waals surface area contributed by atoms with Gasteiger partial charge in [0, 0.05) is 23.5 Å². The number of nitrogens with zero attached hydrogens (tertiary/aromatic N) is 2. The van der Waals surface area contributed by atoms with Crippen LogP contribution in [0.3, 0.4) is 0 Å². The number of anilines is 1. The molecule has 25 heavy (non-hydrogen) atoms. The van der Waals surface area contributed by atoms with Gasteiger partial charge >= 0.3 is 0 Å². The maximum absolute atomic E-state index is 12.5. The molecule has 0 amide bonds. The first-order valence-electron chi connectivity index (χ1n) is 7.75. The second-order valence-corrected chi connectivity index (χ2v) is 8.89. The first-order chi connectivity index (χ1) is 11.9.